The number of halogens is 1. The van der Waals surface area contributed by atoms with E-state index in [4.69, 9.17) is 18.0 Å². The predicted octanol–water partition coefficient (Wildman–Crippen LogP) is 3.45. The Hall–Kier alpha value is -2.36. The van der Waals surface area contributed by atoms with E-state index in [9.17, 15) is 9.59 Å². The first-order valence-electron chi connectivity index (χ1n) is 7.18. The summed E-state index contributed by atoms with van der Waals surface area (Å²) < 4.78 is 0. The molecule has 0 spiro atoms. The number of thiazole rings is 1. The lowest BCUT2D eigenvalue weighted by molar-refractivity contribution is -0.107. The fourth-order valence-electron chi connectivity index (χ4n) is 2.04. The van der Waals surface area contributed by atoms with Crippen LogP contribution >= 0.6 is 22.9 Å². The zero-order valence-corrected chi connectivity index (χ0v) is 14.6. The van der Waals surface area contributed by atoms with Crippen LogP contribution in [0.4, 0.5) is 9.93 Å². The highest BCUT2D eigenvalue weighted by Crippen LogP contribution is 2.33. The monoisotopic (exact) mass is 361 g/mol. The number of urea groups is 1. The van der Waals surface area contributed by atoms with Gasteiger partial charge in [-0.2, -0.15) is 0 Å². The van der Waals surface area contributed by atoms with E-state index in [1.54, 1.807) is 12.1 Å². The zero-order chi connectivity index (χ0) is 17.6. The highest BCUT2D eigenvalue weighted by molar-refractivity contribution is 7.14. The molecule has 1 aromatic carbocycles. The average molecular weight is 362 g/mol. The van der Waals surface area contributed by atoms with Crippen LogP contribution in [0, 0.1) is 12.3 Å². The van der Waals surface area contributed by atoms with Crippen molar-refractivity contribution >= 4 is 40.4 Å². The molecule has 0 saturated heterocycles. The summed E-state index contributed by atoms with van der Waals surface area (Å²) in [7, 11) is 0. The molecule has 0 fully saturated rings. The van der Waals surface area contributed by atoms with Crippen molar-refractivity contribution in [2.45, 2.75) is 18.8 Å². The van der Waals surface area contributed by atoms with Gasteiger partial charge < -0.3 is 10.1 Å². The summed E-state index contributed by atoms with van der Waals surface area (Å²) in [5, 5.41) is 8.07. The molecule has 124 valence electrons. The van der Waals surface area contributed by atoms with Crippen LogP contribution in [0.3, 0.4) is 0 Å². The zero-order valence-electron chi connectivity index (χ0n) is 13.0. The molecule has 2 aromatic rings. The molecule has 0 aliphatic carbocycles. The number of carbonyl (C=O) groups is 2. The minimum Gasteiger partial charge on any atom is -0.337 e. The molecule has 1 atom stereocenters. The van der Waals surface area contributed by atoms with E-state index in [2.05, 4.69) is 21.5 Å². The quantitative estimate of drug-likeness (QED) is 0.470. The number of nitrogens with zero attached hydrogens (tertiary/aromatic N) is 1. The first kappa shape index (κ1) is 18.0. The van der Waals surface area contributed by atoms with Gasteiger partial charge in [0, 0.05) is 23.4 Å². The van der Waals surface area contributed by atoms with E-state index < -0.39 is 11.4 Å². The average Bonchev–Trinajstić information content (AvgIpc) is 3.04. The highest BCUT2D eigenvalue weighted by Gasteiger charge is 2.29. The van der Waals surface area contributed by atoms with Gasteiger partial charge >= 0.3 is 6.03 Å². The number of aldehydes is 1. The Morgan fingerprint density at radius 2 is 2.17 bits per heavy atom. The van der Waals surface area contributed by atoms with E-state index in [1.807, 2.05) is 24.4 Å². The number of aromatic nitrogens is 1. The van der Waals surface area contributed by atoms with Crippen LogP contribution in [0.5, 0.6) is 0 Å². The second kappa shape index (κ2) is 7.95. The lowest BCUT2D eigenvalue weighted by atomic mass is 9.81. The van der Waals surface area contributed by atoms with Gasteiger partial charge in [-0.05, 0) is 24.6 Å². The van der Waals surface area contributed by atoms with Gasteiger partial charge in [-0.15, -0.1) is 17.8 Å². The van der Waals surface area contributed by atoms with Crippen LogP contribution in [-0.4, -0.2) is 23.8 Å². The third-order valence-corrected chi connectivity index (χ3v) is 4.50. The Morgan fingerprint density at radius 1 is 1.46 bits per heavy atom. The molecule has 2 rings (SSSR count). The summed E-state index contributed by atoms with van der Waals surface area (Å²) in [6, 6.07) is 6.87. The number of nitrogens with one attached hydrogen (secondary N) is 2. The molecule has 0 bridgehead atoms. The third-order valence-electron chi connectivity index (χ3n) is 3.49. The first-order chi connectivity index (χ1) is 11.5. The van der Waals surface area contributed by atoms with Gasteiger partial charge in [-0.1, -0.05) is 29.7 Å². The van der Waals surface area contributed by atoms with Crippen LogP contribution in [-0.2, 0) is 10.2 Å². The van der Waals surface area contributed by atoms with Crippen molar-refractivity contribution in [1.29, 1.82) is 0 Å². The number of hydrogen-bond acceptors (Lipinski definition) is 4. The number of amides is 2. The molecule has 0 saturated carbocycles. The molecule has 0 aliphatic heterocycles. The van der Waals surface area contributed by atoms with Crippen molar-refractivity contribution in [3.8, 4) is 12.3 Å². The normalized spacial score (nSPS) is 12.7. The lowest BCUT2D eigenvalue weighted by Gasteiger charge is -2.22. The van der Waals surface area contributed by atoms with Crippen molar-refractivity contribution in [1.82, 2.24) is 10.3 Å². The second-order valence-electron chi connectivity index (χ2n) is 5.15. The molecule has 1 heterocycles. The molecule has 0 aliphatic rings. The van der Waals surface area contributed by atoms with E-state index in [0.29, 0.717) is 15.8 Å². The van der Waals surface area contributed by atoms with Crippen molar-refractivity contribution in [2.75, 3.05) is 11.9 Å². The second-order valence-corrected chi connectivity index (χ2v) is 6.44. The number of benzene rings is 1. The van der Waals surface area contributed by atoms with Crippen LogP contribution in [0.2, 0.25) is 5.02 Å². The summed E-state index contributed by atoms with van der Waals surface area (Å²) in [5.41, 5.74) is 0.830. The molecule has 0 unspecified atom stereocenters. The largest absolute Gasteiger partial charge is 0.337 e. The van der Waals surface area contributed by atoms with Crippen LogP contribution in [0.15, 0.2) is 29.6 Å². The molecular weight excluding hydrogens is 346 g/mol. The summed E-state index contributed by atoms with van der Waals surface area (Å²) in [4.78, 5) is 26.4. The molecule has 7 heteroatoms. The maximum Gasteiger partial charge on any atom is 0.321 e. The van der Waals surface area contributed by atoms with Crippen molar-refractivity contribution in [3.05, 3.63) is 45.9 Å². The minimum absolute atomic E-state index is 0.266. The van der Waals surface area contributed by atoms with Gasteiger partial charge in [0.25, 0.3) is 0 Å². The SMILES string of the molecule is C#C[C@@](C)(c1ccc(Cl)cc1)c1csc(NC(=O)NCCC=O)n1. The Morgan fingerprint density at radius 3 is 2.79 bits per heavy atom. The fraction of sp³-hybridized carbons (Fsp3) is 0.235. The summed E-state index contributed by atoms with van der Waals surface area (Å²) in [6.45, 7) is 2.17. The third kappa shape index (κ3) is 4.13. The van der Waals surface area contributed by atoms with Crippen molar-refractivity contribution in [3.63, 3.8) is 0 Å². The highest BCUT2D eigenvalue weighted by atomic mass is 35.5. The number of hydrogen-bond donors (Lipinski definition) is 2. The summed E-state index contributed by atoms with van der Waals surface area (Å²) in [5.74, 6) is 2.77. The summed E-state index contributed by atoms with van der Waals surface area (Å²) >= 11 is 7.21. The topological polar surface area (TPSA) is 71.1 Å². The standard InChI is InChI=1S/C17H16ClN3O2S/c1-3-17(2,12-5-7-13(18)8-6-12)14-11-24-16(20-14)21-15(23)19-9-4-10-22/h1,5-8,10-11H,4,9H2,2H3,(H2,19,20,21,23)/t17-/m0/s1. The van der Waals surface area contributed by atoms with E-state index in [-0.39, 0.29) is 13.0 Å². The van der Waals surface area contributed by atoms with Crippen molar-refractivity contribution < 1.29 is 9.59 Å². The predicted molar refractivity (Wildman–Crippen MR) is 96.6 cm³/mol. The maximum atomic E-state index is 11.7. The van der Waals surface area contributed by atoms with Crippen LogP contribution in [0.25, 0.3) is 0 Å². The van der Waals surface area contributed by atoms with Gasteiger partial charge in [-0.25, -0.2) is 9.78 Å². The summed E-state index contributed by atoms with van der Waals surface area (Å²) in [6.07, 6.45) is 6.76. The molecule has 24 heavy (non-hydrogen) atoms. The molecule has 2 N–H and O–H groups in total. The molecule has 1 aromatic heterocycles. The molecule has 2 amide bonds. The van der Waals surface area contributed by atoms with Gasteiger partial charge in [0.15, 0.2) is 5.13 Å². The van der Waals surface area contributed by atoms with E-state index in [0.717, 1.165) is 11.8 Å². The number of rotatable bonds is 6. The number of anilines is 1. The maximum absolute atomic E-state index is 11.7. The van der Waals surface area contributed by atoms with E-state index in [1.165, 1.54) is 11.3 Å². The Balaban J connectivity index is 2.15. The minimum atomic E-state index is -0.727. The van der Waals surface area contributed by atoms with E-state index >= 15 is 0 Å². The van der Waals surface area contributed by atoms with Crippen LogP contribution in [0.1, 0.15) is 24.6 Å². The molecule has 5 nitrogen and oxygen atoms in total. The molecular formula is C17H16ClN3O2S. The Kier molecular flexibility index (Phi) is 5.96. The number of carbonyl (C=O) groups excluding carboxylic acids is 2. The van der Waals surface area contributed by atoms with Gasteiger partial charge in [0.2, 0.25) is 0 Å². The smallest absolute Gasteiger partial charge is 0.321 e. The first-order valence-corrected chi connectivity index (χ1v) is 8.43. The number of terminal acetylenes is 1. The van der Waals surface area contributed by atoms with Gasteiger partial charge in [0.05, 0.1) is 11.1 Å². The van der Waals surface area contributed by atoms with Gasteiger partial charge in [0.1, 0.15) is 6.29 Å². The fourth-order valence-corrected chi connectivity index (χ4v) is 2.98. The Bertz CT molecular complexity index is 767. The lowest BCUT2D eigenvalue weighted by Crippen LogP contribution is -2.29. The Labute approximate surface area is 149 Å². The van der Waals surface area contributed by atoms with Gasteiger partial charge in [-0.3, -0.25) is 5.32 Å². The van der Waals surface area contributed by atoms with Crippen molar-refractivity contribution in [2.24, 2.45) is 0 Å². The molecule has 0 radical (unpaired) electrons. The van der Waals surface area contributed by atoms with Crippen LogP contribution < -0.4 is 10.6 Å².